The van der Waals surface area contributed by atoms with Crippen LogP contribution in [0.25, 0.3) is 0 Å². The highest BCUT2D eigenvalue weighted by Gasteiger charge is 2.26. The van der Waals surface area contributed by atoms with E-state index in [9.17, 15) is 4.79 Å². The number of benzene rings is 1. The molecule has 1 aromatic heterocycles. The Bertz CT molecular complexity index is 579. The van der Waals surface area contributed by atoms with Gasteiger partial charge >= 0.3 is 0 Å². The van der Waals surface area contributed by atoms with Gasteiger partial charge in [-0.05, 0) is 29.0 Å². The fourth-order valence-electron chi connectivity index (χ4n) is 2.44. The number of rotatable bonds is 2. The van der Waals surface area contributed by atoms with Gasteiger partial charge in [0.25, 0.3) is 0 Å². The molecule has 2 N–H and O–H groups in total. The fraction of sp³-hybridized carbons (Fsp3) is 0.267. The number of fused-ring (bicyclic) bond motifs is 1. The monoisotopic (exact) mass is 272 g/mol. The second-order valence-electron chi connectivity index (χ2n) is 4.77. The van der Waals surface area contributed by atoms with Crippen molar-refractivity contribution in [2.45, 2.75) is 19.0 Å². The third-order valence-electron chi connectivity index (χ3n) is 3.54. The maximum absolute atomic E-state index is 12.4. The van der Waals surface area contributed by atoms with Crippen LogP contribution >= 0.6 is 11.3 Å². The summed E-state index contributed by atoms with van der Waals surface area (Å²) in [5, 5.41) is 2.09. The summed E-state index contributed by atoms with van der Waals surface area (Å²) >= 11 is 1.77. The molecule has 1 aliphatic heterocycles. The van der Waals surface area contributed by atoms with Gasteiger partial charge in [-0.1, -0.05) is 30.3 Å². The molecule has 1 aliphatic rings. The highest BCUT2D eigenvalue weighted by molar-refractivity contribution is 7.10. The van der Waals surface area contributed by atoms with Crippen LogP contribution < -0.4 is 5.73 Å². The van der Waals surface area contributed by atoms with E-state index in [1.54, 1.807) is 11.3 Å². The summed E-state index contributed by atoms with van der Waals surface area (Å²) in [6.45, 7) is 1.46. The van der Waals surface area contributed by atoms with Gasteiger partial charge < -0.3 is 10.6 Å². The Hall–Kier alpha value is -1.65. The van der Waals surface area contributed by atoms with Crippen molar-refractivity contribution in [3.05, 3.63) is 57.8 Å². The highest BCUT2D eigenvalue weighted by atomic mass is 32.1. The molecule has 0 radical (unpaired) electrons. The zero-order valence-corrected chi connectivity index (χ0v) is 11.4. The van der Waals surface area contributed by atoms with Crippen LogP contribution in [0.4, 0.5) is 0 Å². The SMILES string of the molecule is NC(C(=O)N1CCc2sccc2C1)c1ccccc1. The van der Waals surface area contributed by atoms with E-state index in [1.165, 1.54) is 10.4 Å². The predicted octanol–water partition coefficient (Wildman–Crippen LogP) is 2.33. The van der Waals surface area contributed by atoms with Crippen LogP contribution in [0.1, 0.15) is 22.0 Å². The first-order valence-electron chi connectivity index (χ1n) is 6.40. The van der Waals surface area contributed by atoms with Crippen LogP contribution in [0.15, 0.2) is 41.8 Å². The van der Waals surface area contributed by atoms with Crippen LogP contribution in [-0.4, -0.2) is 17.4 Å². The van der Waals surface area contributed by atoms with Gasteiger partial charge in [0.15, 0.2) is 0 Å². The molecule has 1 amide bonds. The van der Waals surface area contributed by atoms with E-state index in [-0.39, 0.29) is 5.91 Å². The van der Waals surface area contributed by atoms with E-state index in [0.29, 0.717) is 6.54 Å². The molecule has 0 bridgehead atoms. The van der Waals surface area contributed by atoms with Crippen molar-refractivity contribution in [2.24, 2.45) is 5.73 Å². The summed E-state index contributed by atoms with van der Waals surface area (Å²) in [5.41, 5.74) is 8.22. The maximum Gasteiger partial charge on any atom is 0.244 e. The van der Waals surface area contributed by atoms with Gasteiger partial charge in [-0.25, -0.2) is 0 Å². The molecule has 0 aliphatic carbocycles. The van der Waals surface area contributed by atoms with Gasteiger partial charge in [-0.3, -0.25) is 4.79 Å². The molecule has 0 spiro atoms. The quantitative estimate of drug-likeness (QED) is 0.912. The van der Waals surface area contributed by atoms with Crippen LogP contribution in [0.3, 0.4) is 0 Å². The molecule has 2 heterocycles. The molecule has 0 saturated carbocycles. The van der Waals surface area contributed by atoms with Gasteiger partial charge in [-0.15, -0.1) is 11.3 Å². The molecule has 0 fully saturated rings. The molecule has 3 nitrogen and oxygen atoms in total. The van der Waals surface area contributed by atoms with Crippen LogP contribution in [0.5, 0.6) is 0 Å². The van der Waals surface area contributed by atoms with Crippen molar-refractivity contribution in [2.75, 3.05) is 6.54 Å². The summed E-state index contributed by atoms with van der Waals surface area (Å²) in [6, 6.07) is 11.1. The van der Waals surface area contributed by atoms with Crippen molar-refractivity contribution >= 4 is 17.2 Å². The first kappa shape index (κ1) is 12.4. The van der Waals surface area contributed by atoms with Gasteiger partial charge in [0.05, 0.1) is 0 Å². The maximum atomic E-state index is 12.4. The van der Waals surface area contributed by atoms with Crippen molar-refractivity contribution < 1.29 is 4.79 Å². The minimum atomic E-state index is -0.554. The van der Waals surface area contributed by atoms with E-state index in [4.69, 9.17) is 5.73 Å². The lowest BCUT2D eigenvalue weighted by atomic mass is 10.0. The van der Waals surface area contributed by atoms with Gasteiger partial charge in [-0.2, -0.15) is 0 Å². The van der Waals surface area contributed by atoms with Gasteiger partial charge in [0.1, 0.15) is 6.04 Å². The Morgan fingerprint density at radius 3 is 2.84 bits per heavy atom. The number of carbonyl (C=O) groups is 1. The summed E-state index contributed by atoms with van der Waals surface area (Å²) in [6.07, 6.45) is 0.945. The molecular weight excluding hydrogens is 256 g/mol. The van der Waals surface area contributed by atoms with Gasteiger partial charge in [0.2, 0.25) is 5.91 Å². The minimum Gasteiger partial charge on any atom is -0.336 e. The number of hydrogen-bond donors (Lipinski definition) is 1. The van der Waals surface area contributed by atoms with Crippen molar-refractivity contribution in [3.63, 3.8) is 0 Å². The molecule has 1 atom stereocenters. The summed E-state index contributed by atoms with van der Waals surface area (Å²) in [5.74, 6) is 0.0167. The Labute approximate surface area is 116 Å². The average molecular weight is 272 g/mol. The summed E-state index contributed by atoms with van der Waals surface area (Å²) < 4.78 is 0. The first-order valence-corrected chi connectivity index (χ1v) is 7.28. The molecular formula is C15H16N2OS. The van der Waals surface area contributed by atoms with Crippen LogP contribution in [-0.2, 0) is 17.8 Å². The summed E-state index contributed by atoms with van der Waals surface area (Å²) in [7, 11) is 0. The Kier molecular flexibility index (Phi) is 3.36. The predicted molar refractivity (Wildman–Crippen MR) is 76.8 cm³/mol. The van der Waals surface area contributed by atoms with E-state index in [1.807, 2.05) is 35.2 Å². The standard InChI is InChI=1S/C15H16N2OS/c16-14(11-4-2-1-3-5-11)15(18)17-8-6-13-12(10-17)7-9-19-13/h1-5,7,9,14H,6,8,10,16H2. The molecule has 4 heteroatoms. The minimum absolute atomic E-state index is 0.0167. The Morgan fingerprint density at radius 1 is 1.26 bits per heavy atom. The largest absolute Gasteiger partial charge is 0.336 e. The normalized spacial score (nSPS) is 15.9. The number of hydrogen-bond acceptors (Lipinski definition) is 3. The lowest BCUT2D eigenvalue weighted by Gasteiger charge is -2.29. The molecule has 2 aromatic rings. The zero-order chi connectivity index (χ0) is 13.2. The van der Waals surface area contributed by atoms with Crippen LogP contribution in [0.2, 0.25) is 0 Å². The lowest BCUT2D eigenvalue weighted by Crippen LogP contribution is -2.41. The fourth-order valence-corrected chi connectivity index (χ4v) is 3.33. The van der Waals surface area contributed by atoms with E-state index in [2.05, 4.69) is 11.4 Å². The molecule has 1 unspecified atom stereocenters. The third kappa shape index (κ3) is 2.41. The van der Waals surface area contributed by atoms with Crippen molar-refractivity contribution in [1.29, 1.82) is 0 Å². The second-order valence-corrected chi connectivity index (χ2v) is 5.77. The molecule has 0 saturated heterocycles. The van der Waals surface area contributed by atoms with E-state index < -0.39 is 6.04 Å². The Balaban J connectivity index is 1.75. The first-order chi connectivity index (χ1) is 9.25. The Morgan fingerprint density at radius 2 is 2.05 bits per heavy atom. The number of carbonyl (C=O) groups excluding carboxylic acids is 1. The number of amides is 1. The molecule has 3 rings (SSSR count). The smallest absolute Gasteiger partial charge is 0.244 e. The van der Waals surface area contributed by atoms with Gasteiger partial charge in [0, 0.05) is 18.0 Å². The summed E-state index contributed by atoms with van der Waals surface area (Å²) in [4.78, 5) is 15.7. The topological polar surface area (TPSA) is 46.3 Å². The van der Waals surface area contributed by atoms with E-state index >= 15 is 0 Å². The zero-order valence-electron chi connectivity index (χ0n) is 10.6. The van der Waals surface area contributed by atoms with Crippen molar-refractivity contribution in [1.82, 2.24) is 4.90 Å². The second kappa shape index (κ2) is 5.15. The molecule has 19 heavy (non-hydrogen) atoms. The van der Waals surface area contributed by atoms with Crippen molar-refractivity contribution in [3.8, 4) is 0 Å². The molecule has 98 valence electrons. The number of nitrogens with zero attached hydrogens (tertiary/aromatic N) is 1. The van der Waals surface area contributed by atoms with Crippen LogP contribution in [0, 0.1) is 0 Å². The van der Waals surface area contributed by atoms with E-state index in [0.717, 1.165) is 18.5 Å². The third-order valence-corrected chi connectivity index (χ3v) is 4.57. The number of nitrogens with two attached hydrogens (primary N) is 1. The average Bonchev–Trinajstić information content (AvgIpc) is 2.94. The highest BCUT2D eigenvalue weighted by Crippen LogP contribution is 2.25. The number of thiophene rings is 1. The lowest BCUT2D eigenvalue weighted by molar-refractivity contribution is -0.133. The molecule has 1 aromatic carbocycles.